The summed E-state index contributed by atoms with van der Waals surface area (Å²) >= 11 is 0. The third kappa shape index (κ3) is 6.67. The zero-order valence-corrected chi connectivity index (χ0v) is 11.5. The van der Waals surface area contributed by atoms with E-state index < -0.39 is 0 Å². The van der Waals surface area contributed by atoms with Gasteiger partial charge in [0.25, 0.3) is 0 Å². The standard InChI is InChI=1S/C14H28N2O/c1-13(2)12-15-9-7-11-16-10-6-4-3-5-8-14(16)17/h13,15H,3-12H2,1-2H3. The highest BCUT2D eigenvalue weighted by Crippen LogP contribution is 2.11. The van der Waals surface area contributed by atoms with E-state index in [-0.39, 0.29) is 0 Å². The van der Waals surface area contributed by atoms with Crippen LogP contribution in [0.1, 0.15) is 52.4 Å². The van der Waals surface area contributed by atoms with E-state index in [1.807, 2.05) is 0 Å². The van der Waals surface area contributed by atoms with Crippen LogP contribution in [0.2, 0.25) is 0 Å². The van der Waals surface area contributed by atoms with Crippen LogP contribution in [-0.2, 0) is 4.79 Å². The van der Waals surface area contributed by atoms with Crippen LogP contribution in [-0.4, -0.2) is 37.0 Å². The highest BCUT2D eigenvalue weighted by molar-refractivity contribution is 5.76. The number of nitrogens with one attached hydrogen (secondary N) is 1. The minimum Gasteiger partial charge on any atom is -0.343 e. The molecule has 0 radical (unpaired) electrons. The number of nitrogens with zero attached hydrogens (tertiary/aromatic N) is 1. The third-order valence-corrected chi connectivity index (χ3v) is 3.26. The normalized spacial score (nSPS) is 18.3. The molecule has 0 aliphatic carbocycles. The summed E-state index contributed by atoms with van der Waals surface area (Å²) in [4.78, 5) is 13.9. The molecule has 1 heterocycles. The Morgan fingerprint density at radius 3 is 2.76 bits per heavy atom. The molecule has 0 aromatic carbocycles. The van der Waals surface area contributed by atoms with Gasteiger partial charge in [-0.3, -0.25) is 4.79 Å². The van der Waals surface area contributed by atoms with Crippen LogP contribution in [0, 0.1) is 5.92 Å². The Morgan fingerprint density at radius 1 is 1.24 bits per heavy atom. The Morgan fingerprint density at radius 2 is 2.00 bits per heavy atom. The number of hydrogen-bond donors (Lipinski definition) is 1. The quantitative estimate of drug-likeness (QED) is 0.723. The third-order valence-electron chi connectivity index (χ3n) is 3.26. The molecule has 0 spiro atoms. The van der Waals surface area contributed by atoms with Crippen molar-refractivity contribution in [2.24, 2.45) is 5.92 Å². The van der Waals surface area contributed by atoms with Gasteiger partial charge in [-0.2, -0.15) is 0 Å². The first-order chi connectivity index (χ1) is 8.20. The minimum absolute atomic E-state index is 0.369. The van der Waals surface area contributed by atoms with E-state index in [2.05, 4.69) is 24.1 Å². The highest BCUT2D eigenvalue weighted by atomic mass is 16.2. The predicted molar refractivity (Wildman–Crippen MR) is 72.0 cm³/mol. The highest BCUT2D eigenvalue weighted by Gasteiger charge is 2.14. The summed E-state index contributed by atoms with van der Waals surface area (Å²) in [5, 5.41) is 3.43. The summed E-state index contributed by atoms with van der Waals surface area (Å²) in [6, 6.07) is 0. The van der Waals surface area contributed by atoms with E-state index in [1.165, 1.54) is 19.3 Å². The molecule has 1 rings (SSSR count). The summed E-state index contributed by atoms with van der Waals surface area (Å²) in [5.74, 6) is 1.08. The lowest BCUT2D eigenvalue weighted by molar-refractivity contribution is -0.131. The lowest BCUT2D eigenvalue weighted by atomic mass is 10.1. The first kappa shape index (κ1) is 14.5. The van der Waals surface area contributed by atoms with Gasteiger partial charge >= 0.3 is 0 Å². The smallest absolute Gasteiger partial charge is 0.222 e. The Balaban J connectivity index is 2.12. The minimum atomic E-state index is 0.369. The Kier molecular flexibility index (Phi) is 7.25. The summed E-state index contributed by atoms with van der Waals surface area (Å²) in [5.41, 5.74) is 0. The number of likely N-dealkylation sites (tertiary alicyclic amines) is 1. The summed E-state index contributed by atoms with van der Waals surface area (Å²) in [6.07, 6.45) is 6.63. The van der Waals surface area contributed by atoms with E-state index in [4.69, 9.17) is 0 Å². The van der Waals surface area contributed by atoms with Gasteiger partial charge in [0.1, 0.15) is 0 Å². The average molecular weight is 240 g/mol. The van der Waals surface area contributed by atoms with Crippen LogP contribution in [0.3, 0.4) is 0 Å². The van der Waals surface area contributed by atoms with Crippen molar-refractivity contribution in [1.82, 2.24) is 10.2 Å². The second kappa shape index (κ2) is 8.51. The molecule has 1 saturated heterocycles. The van der Waals surface area contributed by atoms with Crippen molar-refractivity contribution >= 4 is 5.91 Å². The average Bonchev–Trinajstić information content (AvgIpc) is 2.26. The van der Waals surface area contributed by atoms with Crippen LogP contribution >= 0.6 is 0 Å². The van der Waals surface area contributed by atoms with Crippen LogP contribution in [0.15, 0.2) is 0 Å². The molecule has 0 atom stereocenters. The first-order valence-electron chi connectivity index (χ1n) is 7.18. The van der Waals surface area contributed by atoms with Crippen molar-refractivity contribution in [2.75, 3.05) is 26.2 Å². The zero-order chi connectivity index (χ0) is 12.5. The molecule has 0 aromatic heterocycles. The maximum absolute atomic E-state index is 11.8. The van der Waals surface area contributed by atoms with E-state index in [0.29, 0.717) is 11.8 Å². The van der Waals surface area contributed by atoms with Crippen LogP contribution in [0.25, 0.3) is 0 Å². The fourth-order valence-electron chi connectivity index (χ4n) is 2.24. The largest absolute Gasteiger partial charge is 0.343 e. The van der Waals surface area contributed by atoms with Gasteiger partial charge in [-0.1, -0.05) is 26.7 Å². The number of carbonyl (C=O) groups is 1. The Hall–Kier alpha value is -0.570. The van der Waals surface area contributed by atoms with Gasteiger partial charge in [-0.25, -0.2) is 0 Å². The number of hydrogen-bond acceptors (Lipinski definition) is 2. The van der Waals surface area contributed by atoms with Gasteiger partial charge in [0.05, 0.1) is 0 Å². The number of carbonyl (C=O) groups excluding carboxylic acids is 1. The van der Waals surface area contributed by atoms with Crippen molar-refractivity contribution < 1.29 is 4.79 Å². The SMILES string of the molecule is CC(C)CNCCCN1CCCCCCC1=O. The fraction of sp³-hybridized carbons (Fsp3) is 0.929. The van der Waals surface area contributed by atoms with Gasteiger partial charge in [0.2, 0.25) is 5.91 Å². The maximum Gasteiger partial charge on any atom is 0.222 e. The van der Waals surface area contributed by atoms with Crippen LogP contribution in [0.4, 0.5) is 0 Å². The number of rotatable bonds is 6. The molecule has 1 N–H and O–H groups in total. The van der Waals surface area contributed by atoms with Crippen LogP contribution in [0.5, 0.6) is 0 Å². The maximum atomic E-state index is 11.8. The molecule has 100 valence electrons. The molecule has 0 saturated carbocycles. The van der Waals surface area contributed by atoms with Gasteiger partial charge in [-0.15, -0.1) is 0 Å². The second-order valence-electron chi connectivity index (χ2n) is 5.50. The fourth-order valence-corrected chi connectivity index (χ4v) is 2.24. The molecule has 0 aromatic rings. The second-order valence-corrected chi connectivity index (χ2v) is 5.50. The Labute approximate surface area is 106 Å². The lowest BCUT2D eigenvalue weighted by Crippen LogP contribution is -2.35. The van der Waals surface area contributed by atoms with Crippen LogP contribution < -0.4 is 5.32 Å². The molecule has 1 aliphatic heterocycles. The molecule has 3 nitrogen and oxygen atoms in total. The van der Waals surface area contributed by atoms with Gasteiger partial charge in [-0.05, 0) is 38.3 Å². The molecule has 3 heteroatoms. The number of amides is 1. The van der Waals surface area contributed by atoms with E-state index in [1.54, 1.807) is 0 Å². The summed E-state index contributed by atoms with van der Waals surface area (Å²) in [6.45, 7) is 8.45. The van der Waals surface area contributed by atoms with Crippen molar-refractivity contribution in [3.63, 3.8) is 0 Å². The monoisotopic (exact) mass is 240 g/mol. The molecule has 1 amide bonds. The van der Waals surface area contributed by atoms with Gasteiger partial charge in [0, 0.05) is 19.5 Å². The summed E-state index contributed by atoms with van der Waals surface area (Å²) in [7, 11) is 0. The molecule has 1 aliphatic rings. The van der Waals surface area contributed by atoms with Crippen molar-refractivity contribution in [1.29, 1.82) is 0 Å². The molecular weight excluding hydrogens is 212 g/mol. The van der Waals surface area contributed by atoms with Crippen molar-refractivity contribution in [3.05, 3.63) is 0 Å². The van der Waals surface area contributed by atoms with Crippen molar-refractivity contribution in [2.45, 2.75) is 52.4 Å². The molecular formula is C14H28N2O. The predicted octanol–water partition coefficient (Wildman–Crippen LogP) is 2.41. The van der Waals surface area contributed by atoms with E-state index in [0.717, 1.165) is 45.4 Å². The van der Waals surface area contributed by atoms with Gasteiger partial charge in [0.15, 0.2) is 0 Å². The first-order valence-corrected chi connectivity index (χ1v) is 7.18. The summed E-state index contributed by atoms with van der Waals surface area (Å²) < 4.78 is 0. The topological polar surface area (TPSA) is 32.3 Å². The van der Waals surface area contributed by atoms with Crippen molar-refractivity contribution in [3.8, 4) is 0 Å². The molecule has 0 bridgehead atoms. The van der Waals surface area contributed by atoms with E-state index >= 15 is 0 Å². The van der Waals surface area contributed by atoms with Gasteiger partial charge < -0.3 is 10.2 Å². The molecule has 1 fully saturated rings. The van der Waals surface area contributed by atoms with E-state index in [9.17, 15) is 4.79 Å². The molecule has 0 unspecified atom stereocenters. The Bertz CT molecular complexity index is 216. The lowest BCUT2D eigenvalue weighted by Gasteiger charge is -2.25. The zero-order valence-electron chi connectivity index (χ0n) is 11.5. The molecule has 17 heavy (non-hydrogen) atoms.